The molecule has 0 amide bonds. The van der Waals surface area contributed by atoms with Gasteiger partial charge < -0.3 is 19.1 Å². The number of fused-ring (bicyclic) bond motifs is 1. The molecule has 3 heterocycles. The van der Waals surface area contributed by atoms with E-state index in [0.717, 1.165) is 32.0 Å². The second-order valence-electron chi connectivity index (χ2n) is 4.14. The van der Waals surface area contributed by atoms with Gasteiger partial charge in [-0.2, -0.15) is 0 Å². The lowest BCUT2D eigenvalue weighted by Crippen LogP contribution is -2.36. The molecular weight excluding hydrogens is 218 g/mol. The number of pyridine rings is 1. The van der Waals surface area contributed by atoms with E-state index in [4.69, 9.17) is 9.84 Å². The van der Waals surface area contributed by atoms with Crippen molar-refractivity contribution in [3.8, 4) is 0 Å². The minimum Gasteiger partial charge on any atom is -0.390 e. The number of ether oxygens (including phenoxy) is 1. The van der Waals surface area contributed by atoms with Gasteiger partial charge in [-0.05, 0) is 12.1 Å². The van der Waals surface area contributed by atoms with Crippen molar-refractivity contribution in [1.29, 1.82) is 0 Å². The Hall–Kier alpha value is -1.59. The number of aliphatic hydroxyl groups is 1. The highest BCUT2D eigenvalue weighted by molar-refractivity contribution is 5.52. The van der Waals surface area contributed by atoms with Crippen LogP contribution in [0.4, 0.5) is 5.69 Å². The smallest absolute Gasteiger partial charge is 0.137 e. The van der Waals surface area contributed by atoms with Crippen molar-refractivity contribution < 1.29 is 9.84 Å². The van der Waals surface area contributed by atoms with Gasteiger partial charge in [0.15, 0.2) is 0 Å². The van der Waals surface area contributed by atoms with Gasteiger partial charge >= 0.3 is 0 Å². The van der Waals surface area contributed by atoms with Crippen molar-refractivity contribution in [3.63, 3.8) is 0 Å². The molecule has 2 aromatic heterocycles. The molecule has 0 bridgehead atoms. The zero-order valence-corrected chi connectivity index (χ0v) is 9.54. The number of hydrogen-bond donors (Lipinski definition) is 1. The van der Waals surface area contributed by atoms with E-state index in [1.165, 1.54) is 5.69 Å². The molecule has 17 heavy (non-hydrogen) atoms. The van der Waals surface area contributed by atoms with Crippen molar-refractivity contribution in [2.75, 3.05) is 31.2 Å². The lowest BCUT2D eigenvalue weighted by atomic mass is 10.3. The van der Waals surface area contributed by atoms with Crippen LogP contribution in [0.1, 0.15) is 5.69 Å². The fourth-order valence-corrected chi connectivity index (χ4v) is 2.12. The predicted octanol–water partition coefficient (Wildman–Crippen LogP) is 0.663. The van der Waals surface area contributed by atoms with E-state index in [1.807, 2.05) is 22.9 Å². The highest BCUT2D eigenvalue weighted by Gasteiger charge is 2.11. The predicted molar refractivity (Wildman–Crippen MR) is 64.1 cm³/mol. The van der Waals surface area contributed by atoms with Gasteiger partial charge in [0.25, 0.3) is 0 Å². The Morgan fingerprint density at radius 2 is 2.06 bits per heavy atom. The van der Waals surface area contributed by atoms with E-state index in [-0.39, 0.29) is 6.61 Å². The molecule has 1 saturated heterocycles. The van der Waals surface area contributed by atoms with Gasteiger partial charge in [0.1, 0.15) is 5.65 Å². The largest absolute Gasteiger partial charge is 0.390 e. The summed E-state index contributed by atoms with van der Waals surface area (Å²) in [6.07, 6.45) is 3.91. The molecule has 0 aliphatic carbocycles. The van der Waals surface area contributed by atoms with Crippen LogP contribution in [0.25, 0.3) is 5.65 Å². The number of hydrogen-bond acceptors (Lipinski definition) is 4. The SMILES string of the molecule is OCc1cn2cc(N3CCOCC3)ccc2n1. The minimum absolute atomic E-state index is 0.0193. The number of morpholine rings is 1. The van der Waals surface area contributed by atoms with Crippen LogP contribution in [-0.4, -0.2) is 40.8 Å². The van der Waals surface area contributed by atoms with Gasteiger partial charge in [-0.25, -0.2) is 4.98 Å². The second-order valence-corrected chi connectivity index (χ2v) is 4.14. The van der Waals surface area contributed by atoms with Crippen LogP contribution in [0.15, 0.2) is 24.5 Å². The second kappa shape index (κ2) is 4.35. The summed E-state index contributed by atoms with van der Waals surface area (Å²) in [4.78, 5) is 6.58. The first-order chi connectivity index (χ1) is 8.36. The molecule has 1 N–H and O–H groups in total. The third kappa shape index (κ3) is 1.99. The van der Waals surface area contributed by atoms with Crippen LogP contribution in [-0.2, 0) is 11.3 Å². The van der Waals surface area contributed by atoms with E-state index in [1.54, 1.807) is 0 Å². The van der Waals surface area contributed by atoms with Crippen molar-refractivity contribution in [1.82, 2.24) is 9.38 Å². The highest BCUT2D eigenvalue weighted by Crippen LogP contribution is 2.17. The molecule has 1 fully saturated rings. The lowest BCUT2D eigenvalue weighted by molar-refractivity contribution is 0.122. The van der Waals surface area contributed by atoms with E-state index < -0.39 is 0 Å². The van der Waals surface area contributed by atoms with Crippen molar-refractivity contribution in [2.45, 2.75) is 6.61 Å². The summed E-state index contributed by atoms with van der Waals surface area (Å²) in [6.45, 7) is 3.39. The van der Waals surface area contributed by atoms with Crippen LogP contribution >= 0.6 is 0 Å². The van der Waals surface area contributed by atoms with Crippen LogP contribution < -0.4 is 4.90 Å². The number of aromatic nitrogens is 2. The van der Waals surface area contributed by atoms with Gasteiger partial charge in [-0.1, -0.05) is 0 Å². The Morgan fingerprint density at radius 3 is 2.82 bits per heavy atom. The number of rotatable bonds is 2. The van der Waals surface area contributed by atoms with Gasteiger partial charge in [0.2, 0.25) is 0 Å². The maximum absolute atomic E-state index is 9.05. The summed E-state index contributed by atoms with van der Waals surface area (Å²) in [5.41, 5.74) is 2.73. The highest BCUT2D eigenvalue weighted by atomic mass is 16.5. The molecule has 0 aromatic carbocycles. The zero-order chi connectivity index (χ0) is 11.7. The molecule has 90 valence electrons. The fraction of sp³-hybridized carbons (Fsp3) is 0.417. The first kappa shape index (κ1) is 10.6. The molecule has 0 spiro atoms. The Morgan fingerprint density at radius 1 is 1.24 bits per heavy atom. The molecule has 2 aromatic rings. The van der Waals surface area contributed by atoms with E-state index in [2.05, 4.69) is 16.0 Å². The molecule has 0 atom stereocenters. The van der Waals surface area contributed by atoms with Crippen LogP contribution in [0, 0.1) is 0 Å². The van der Waals surface area contributed by atoms with Gasteiger partial charge in [0, 0.05) is 25.5 Å². The van der Waals surface area contributed by atoms with E-state index >= 15 is 0 Å². The lowest BCUT2D eigenvalue weighted by Gasteiger charge is -2.28. The molecule has 3 rings (SSSR count). The molecule has 0 radical (unpaired) electrons. The first-order valence-electron chi connectivity index (χ1n) is 5.78. The summed E-state index contributed by atoms with van der Waals surface area (Å²) in [5, 5.41) is 9.05. The van der Waals surface area contributed by atoms with Gasteiger partial charge in [-0.15, -0.1) is 0 Å². The molecule has 1 aliphatic heterocycles. The molecule has 0 unspecified atom stereocenters. The quantitative estimate of drug-likeness (QED) is 0.828. The molecular formula is C12H15N3O2. The van der Waals surface area contributed by atoms with Crippen molar-refractivity contribution in [2.24, 2.45) is 0 Å². The topological polar surface area (TPSA) is 50.0 Å². The Labute approximate surface area is 99.3 Å². The zero-order valence-electron chi connectivity index (χ0n) is 9.54. The van der Waals surface area contributed by atoms with Crippen LogP contribution in [0.2, 0.25) is 0 Å². The number of imidazole rings is 1. The summed E-state index contributed by atoms with van der Waals surface area (Å²) in [5.74, 6) is 0. The summed E-state index contributed by atoms with van der Waals surface area (Å²) in [7, 11) is 0. The third-order valence-electron chi connectivity index (χ3n) is 3.02. The molecule has 0 saturated carbocycles. The standard InChI is InChI=1S/C12H15N3O2/c16-9-10-7-15-8-11(1-2-12(15)13-10)14-3-5-17-6-4-14/h1-2,7-8,16H,3-6,9H2. The van der Waals surface area contributed by atoms with Gasteiger partial charge in [0.05, 0.1) is 31.2 Å². The van der Waals surface area contributed by atoms with Crippen molar-refractivity contribution >= 4 is 11.3 Å². The third-order valence-corrected chi connectivity index (χ3v) is 3.02. The number of nitrogens with zero attached hydrogens (tertiary/aromatic N) is 3. The maximum Gasteiger partial charge on any atom is 0.137 e. The van der Waals surface area contributed by atoms with Crippen molar-refractivity contribution in [3.05, 3.63) is 30.2 Å². The fourth-order valence-electron chi connectivity index (χ4n) is 2.12. The number of aliphatic hydroxyl groups excluding tert-OH is 1. The summed E-state index contributed by atoms with van der Waals surface area (Å²) >= 11 is 0. The molecule has 5 nitrogen and oxygen atoms in total. The Balaban J connectivity index is 1.94. The average molecular weight is 233 g/mol. The summed E-state index contributed by atoms with van der Waals surface area (Å²) in [6, 6.07) is 4.04. The Kier molecular flexibility index (Phi) is 2.70. The number of anilines is 1. The monoisotopic (exact) mass is 233 g/mol. The van der Waals surface area contributed by atoms with E-state index in [9.17, 15) is 0 Å². The normalized spacial score (nSPS) is 16.6. The van der Waals surface area contributed by atoms with Crippen LogP contribution in [0.5, 0.6) is 0 Å². The van der Waals surface area contributed by atoms with E-state index in [0.29, 0.717) is 5.69 Å². The summed E-state index contributed by atoms with van der Waals surface area (Å²) < 4.78 is 7.29. The Bertz CT molecular complexity index is 517. The molecule has 1 aliphatic rings. The van der Waals surface area contributed by atoms with Crippen LogP contribution in [0.3, 0.4) is 0 Å². The molecule has 5 heteroatoms. The van der Waals surface area contributed by atoms with Gasteiger partial charge in [-0.3, -0.25) is 0 Å². The average Bonchev–Trinajstić information content (AvgIpc) is 2.81. The minimum atomic E-state index is -0.0193. The first-order valence-corrected chi connectivity index (χ1v) is 5.78. The maximum atomic E-state index is 9.05.